The predicted molar refractivity (Wildman–Crippen MR) is 83.8 cm³/mol. The van der Waals surface area contributed by atoms with E-state index in [1.54, 1.807) is 7.11 Å². The second kappa shape index (κ2) is 5.84. The van der Waals surface area contributed by atoms with E-state index in [0.717, 1.165) is 6.61 Å². The van der Waals surface area contributed by atoms with Gasteiger partial charge in [0, 0.05) is 25.1 Å². The van der Waals surface area contributed by atoms with Gasteiger partial charge in [-0.15, -0.1) is 0 Å². The van der Waals surface area contributed by atoms with Gasteiger partial charge in [0.15, 0.2) is 0 Å². The Hall–Kier alpha value is -0.280. The van der Waals surface area contributed by atoms with Crippen LogP contribution in [0.15, 0.2) is 18.2 Å². The average Bonchev–Trinajstić information content (AvgIpc) is 2.67. The number of halogens is 2. The van der Waals surface area contributed by atoms with Crippen LogP contribution in [0.4, 0.5) is 0 Å². The van der Waals surface area contributed by atoms with Crippen LogP contribution in [0.1, 0.15) is 30.7 Å². The van der Waals surface area contributed by atoms with Gasteiger partial charge in [0.25, 0.3) is 0 Å². The van der Waals surface area contributed by atoms with E-state index >= 15 is 0 Å². The zero-order valence-corrected chi connectivity index (χ0v) is 13.5. The van der Waals surface area contributed by atoms with E-state index in [1.807, 2.05) is 12.1 Å². The van der Waals surface area contributed by atoms with Crippen LogP contribution >= 0.6 is 23.2 Å². The summed E-state index contributed by atoms with van der Waals surface area (Å²) in [4.78, 5) is 2.55. The monoisotopic (exact) mass is 313 g/mol. The summed E-state index contributed by atoms with van der Waals surface area (Å²) in [6, 6.07) is 7.43. The van der Waals surface area contributed by atoms with Crippen LogP contribution < -0.4 is 0 Å². The number of nitrogens with zero attached hydrogens (tertiary/aromatic N) is 1. The third-order valence-electron chi connectivity index (χ3n) is 5.16. The summed E-state index contributed by atoms with van der Waals surface area (Å²) in [7, 11) is 4.06. The van der Waals surface area contributed by atoms with Crippen LogP contribution in [0.2, 0.25) is 10.0 Å². The van der Waals surface area contributed by atoms with Gasteiger partial charge in [0.2, 0.25) is 0 Å². The lowest BCUT2D eigenvalue weighted by Crippen LogP contribution is -2.47. The third-order valence-corrected chi connectivity index (χ3v) is 5.90. The number of methoxy groups -OCH3 is 1. The van der Waals surface area contributed by atoms with Crippen LogP contribution in [0, 0.1) is 5.92 Å². The van der Waals surface area contributed by atoms with Crippen LogP contribution in [0.5, 0.6) is 0 Å². The molecule has 2 nitrogen and oxygen atoms in total. The van der Waals surface area contributed by atoms with Crippen molar-refractivity contribution in [2.45, 2.75) is 37.3 Å². The highest BCUT2D eigenvalue weighted by Crippen LogP contribution is 2.46. The molecule has 2 aliphatic rings. The summed E-state index contributed by atoms with van der Waals surface area (Å²) in [5.41, 5.74) is 1.31. The van der Waals surface area contributed by atoms with E-state index in [2.05, 4.69) is 18.0 Å². The van der Waals surface area contributed by atoms with Crippen molar-refractivity contribution in [1.29, 1.82) is 0 Å². The number of hydrogen-bond donors (Lipinski definition) is 0. The second-order valence-electron chi connectivity index (χ2n) is 6.10. The quantitative estimate of drug-likeness (QED) is 0.829. The molecule has 4 heteroatoms. The Morgan fingerprint density at radius 2 is 2.05 bits per heavy atom. The zero-order chi connectivity index (χ0) is 14.3. The largest absolute Gasteiger partial charge is 0.384 e. The van der Waals surface area contributed by atoms with Crippen molar-refractivity contribution in [3.8, 4) is 0 Å². The first kappa shape index (κ1) is 14.6. The first-order valence-corrected chi connectivity index (χ1v) is 8.03. The van der Waals surface area contributed by atoms with E-state index in [-0.39, 0.29) is 0 Å². The molecule has 3 rings (SSSR count). The van der Waals surface area contributed by atoms with E-state index < -0.39 is 0 Å². The average molecular weight is 314 g/mol. The van der Waals surface area contributed by atoms with Gasteiger partial charge in [0.05, 0.1) is 16.7 Å². The molecule has 20 heavy (non-hydrogen) atoms. The second-order valence-corrected chi connectivity index (χ2v) is 6.91. The summed E-state index contributed by atoms with van der Waals surface area (Å²) in [5, 5.41) is 1.29. The van der Waals surface area contributed by atoms with Crippen molar-refractivity contribution in [3.05, 3.63) is 33.8 Å². The van der Waals surface area contributed by atoms with Crippen molar-refractivity contribution in [2.75, 3.05) is 20.8 Å². The first-order valence-electron chi connectivity index (χ1n) is 7.27. The topological polar surface area (TPSA) is 12.5 Å². The van der Waals surface area contributed by atoms with E-state index in [0.29, 0.717) is 34.0 Å². The summed E-state index contributed by atoms with van der Waals surface area (Å²) in [6.45, 7) is 0.812. The Balaban J connectivity index is 1.92. The molecule has 0 aromatic heterocycles. The van der Waals surface area contributed by atoms with Crippen molar-refractivity contribution >= 4 is 23.2 Å². The molecule has 0 spiro atoms. The smallest absolute Gasteiger partial charge is 0.0595 e. The molecule has 2 unspecified atom stereocenters. The molecule has 1 aromatic carbocycles. The van der Waals surface area contributed by atoms with Crippen molar-refractivity contribution in [3.63, 3.8) is 0 Å². The van der Waals surface area contributed by atoms with Gasteiger partial charge in [-0.1, -0.05) is 29.3 Å². The van der Waals surface area contributed by atoms with Gasteiger partial charge in [-0.2, -0.15) is 0 Å². The molecule has 2 saturated heterocycles. The van der Waals surface area contributed by atoms with Gasteiger partial charge in [-0.3, -0.25) is 0 Å². The molecule has 0 radical (unpaired) electrons. The third kappa shape index (κ3) is 2.48. The van der Waals surface area contributed by atoms with E-state index in [1.165, 1.54) is 24.8 Å². The Labute approximate surface area is 131 Å². The van der Waals surface area contributed by atoms with Crippen LogP contribution in [-0.2, 0) is 4.74 Å². The van der Waals surface area contributed by atoms with Gasteiger partial charge in [0.1, 0.15) is 0 Å². The maximum absolute atomic E-state index is 6.20. The molecule has 2 fully saturated rings. The maximum atomic E-state index is 6.20. The minimum atomic E-state index is 0.526. The minimum absolute atomic E-state index is 0.526. The number of benzene rings is 1. The fourth-order valence-electron chi connectivity index (χ4n) is 4.12. The number of hydrogen-bond acceptors (Lipinski definition) is 2. The van der Waals surface area contributed by atoms with Crippen LogP contribution in [0.3, 0.4) is 0 Å². The lowest BCUT2D eigenvalue weighted by Gasteiger charge is -2.43. The molecular formula is C16H21Cl2NO. The Kier molecular flexibility index (Phi) is 4.28. The summed E-state index contributed by atoms with van der Waals surface area (Å²) in [6.07, 6.45) is 3.78. The highest BCUT2D eigenvalue weighted by atomic mass is 35.5. The molecule has 1 aromatic rings. The van der Waals surface area contributed by atoms with E-state index in [9.17, 15) is 0 Å². The molecule has 4 atom stereocenters. The molecule has 2 bridgehead atoms. The SMILES string of the molecule is COC[C@@H]1C(c2ccc(Cl)c(Cl)c2)CC2CC[C@H]1N2C. The lowest BCUT2D eigenvalue weighted by molar-refractivity contribution is 0.0405. The molecule has 2 heterocycles. The molecule has 0 N–H and O–H groups in total. The molecule has 0 amide bonds. The number of fused-ring (bicyclic) bond motifs is 2. The molecular weight excluding hydrogens is 293 g/mol. The fourth-order valence-corrected chi connectivity index (χ4v) is 4.43. The maximum Gasteiger partial charge on any atom is 0.0595 e. The molecule has 110 valence electrons. The first-order chi connectivity index (χ1) is 9.61. The highest BCUT2D eigenvalue weighted by molar-refractivity contribution is 6.42. The van der Waals surface area contributed by atoms with Crippen LogP contribution in [0.25, 0.3) is 0 Å². The van der Waals surface area contributed by atoms with Crippen molar-refractivity contribution < 1.29 is 4.74 Å². The van der Waals surface area contributed by atoms with Gasteiger partial charge < -0.3 is 9.64 Å². The minimum Gasteiger partial charge on any atom is -0.384 e. The normalized spacial score (nSPS) is 33.6. The van der Waals surface area contributed by atoms with Crippen molar-refractivity contribution in [2.24, 2.45) is 5.92 Å². The zero-order valence-electron chi connectivity index (χ0n) is 12.0. The Morgan fingerprint density at radius 3 is 2.75 bits per heavy atom. The predicted octanol–water partition coefficient (Wildman–Crippen LogP) is 4.21. The number of piperidine rings is 1. The molecule has 2 aliphatic heterocycles. The summed E-state index contributed by atoms with van der Waals surface area (Å²) in [5.74, 6) is 1.07. The number of rotatable bonds is 3. The van der Waals surface area contributed by atoms with Gasteiger partial charge in [-0.25, -0.2) is 0 Å². The Bertz CT molecular complexity index is 493. The summed E-state index contributed by atoms with van der Waals surface area (Å²) < 4.78 is 5.50. The lowest BCUT2D eigenvalue weighted by atomic mass is 9.76. The van der Waals surface area contributed by atoms with Crippen LogP contribution in [-0.4, -0.2) is 37.7 Å². The fraction of sp³-hybridized carbons (Fsp3) is 0.625. The molecule has 0 aliphatic carbocycles. The summed E-state index contributed by atoms with van der Waals surface area (Å²) >= 11 is 12.2. The Morgan fingerprint density at radius 1 is 1.25 bits per heavy atom. The van der Waals surface area contributed by atoms with Gasteiger partial charge in [-0.05, 0) is 49.9 Å². The molecule has 0 saturated carbocycles. The van der Waals surface area contributed by atoms with E-state index in [4.69, 9.17) is 27.9 Å². The standard InChI is InChI=1S/C16H21Cl2NO/c1-19-11-4-6-16(19)13(9-20-2)12(8-11)10-3-5-14(17)15(18)7-10/h3,5,7,11-13,16H,4,6,8-9H2,1-2H3/t11?,12?,13-,16-/m1/s1. The number of ether oxygens (including phenoxy) is 1. The van der Waals surface area contributed by atoms with Gasteiger partial charge >= 0.3 is 0 Å². The van der Waals surface area contributed by atoms with Crippen molar-refractivity contribution in [1.82, 2.24) is 4.90 Å². The highest BCUT2D eigenvalue weighted by Gasteiger charge is 2.45.